The highest BCUT2D eigenvalue weighted by Gasteiger charge is 2.30. The first kappa shape index (κ1) is 102. The second-order valence-corrected chi connectivity index (χ2v) is 32.8. The molecule has 0 aliphatic rings. The molecule has 19 heteroatoms. The number of carbonyl (C=O) groups is 4. The van der Waals surface area contributed by atoms with Crippen LogP contribution in [0.15, 0.2) is 24.3 Å². The van der Waals surface area contributed by atoms with Crippen molar-refractivity contribution < 1.29 is 80.2 Å². The van der Waals surface area contributed by atoms with Crippen molar-refractivity contribution >= 4 is 39.5 Å². The Bertz CT molecular complexity index is 2060. The number of esters is 4. The van der Waals surface area contributed by atoms with Crippen LogP contribution in [-0.4, -0.2) is 96.7 Å². The lowest BCUT2D eigenvalue weighted by Gasteiger charge is -2.21. The summed E-state index contributed by atoms with van der Waals surface area (Å²) < 4.78 is 68.8. The standard InChI is InChI=1S/C85H162O17P2/c1-5-9-13-17-21-25-29-33-36-37-38-39-40-41-44-48-52-56-60-64-68-72-85(90)102-81(76-96-83(88)70-66-62-58-54-50-46-42-34-30-26-22-18-14-10-6-2)78-100-104(93,94)98-74-79(86)73-97-103(91,92)99-77-80(75-95-82(87)69-65-61-57-53-49-45-32-28-24-20-16-12-8-4)101-84(89)71-67-63-59-55-51-47-43-35-31-27-23-19-15-11-7-3/h26,30,34,42,79-81,86H,5-25,27-29,31-33,35-41,43-78H2,1-4H3,(H,91,92)(H,93,94)/b30-26-,42-34-/t79-,80+,81+/m0/s1. The van der Waals surface area contributed by atoms with Crippen molar-refractivity contribution in [2.75, 3.05) is 39.6 Å². The summed E-state index contributed by atoms with van der Waals surface area (Å²) in [6.45, 7) is 4.99. The molecule has 0 aliphatic carbocycles. The van der Waals surface area contributed by atoms with Gasteiger partial charge in [-0.25, -0.2) is 9.13 Å². The monoisotopic (exact) mass is 1520 g/mol. The van der Waals surface area contributed by atoms with Crippen molar-refractivity contribution in [3.05, 3.63) is 24.3 Å². The molecule has 0 spiro atoms. The zero-order chi connectivity index (χ0) is 76.0. The van der Waals surface area contributed by atoms with Crippen molar-refractivity contribution in [2.24, 2.45) is 0 Å². The average Bonchev–Trinajstić information content (AvgIpc) is 0.905. The van der Waals surface area contributed by atoms with Gasteiger partial charge in [0.1, 0.15) is 19.3 Å². The summed E-state index contributed by atoms with van der Waals surface area (Å²) in [6, 6.07) is 0. The number of phosphoric ester groups is 2. The van der Waals surface area contributed by atoms with E-state index in [1.165, 1.54) is 250 Å². The van der Waals surface area contributed by atoms with Gasteiger partial charge in [0.2, 0.25) is 0 Å². The number of unbranched alkanes of at least 4 members (excludes halogenated alkanes) is 55. The number of rotatable bonds is 84. The van der Waals surface area contributed by atoms with Crippen LogP contribution in [0.2, 0.25) is 0 Å². The van der Waals surface area contributed by atoms with Gasteiger partial charge in [-0.2, -0.15) is 0 Å². The van der Waals surface area contributed by atoms with Crippen LogP contribution in [0.4, 0.5) is 0 Å². The third kappa shape index (κ3) is 77.7. The Morgan fingerprint density at radius 1 is 0.269 bits per heavy atom. The summed E-state index contributed by atoms with van der Waals surface area (Å²) in [5.41, 5.74) is 0. The molecule has 614 valence electrons. The van der Waals surface area contributed by atoms with Gasteiger partial charge in [-0.15, -0.1) is 0 Å². The van der Waals surface area contributed by atoms with Crippen molar-refractivity contribution in [3.8, 4) is 0 Å². The van der Waals surface area contributed by atoms with Crippen LogP contribution >= 0.6 is 15.6 Å². The predicted octanol–water partition coefficient (Wildman–Crippen LogP) is 25.7. The highest BCUT2D eigenvalue weighted by atomic mass is 31.2. The van der Waals surface area contributed by atoms with Crippen LogP contribution in [-0.2, 0) is 65.4 Å². The molecule has 0 saturated heterocycles. The topological polar surface area (TPSA) is 237 Å². The minimum atomic E-state index is -4.97. The van der Waals surface area contributed by atoms with Crippen LogP contribution in [0.1, 0.15) is 439 Å². The maximum absolute atomic E-state index is 13.1. The number of hydrogen-bond donors (Lipinski definition) is 3. The summed E-state index contributed by atoms with van der Waals surface area (Å²) in [4.78, 5) is 73.2. The van der Waals surface area contributed by atoms with E-state index in [4.69, 9.17) is 37.0 Å². The summed E-state index contributed by atoms with van der Waals surface area (Å²) >= 11 is 0. The van der Waals surface area contributed by atoms with E-state index < -0.39 is 97.5 Å². The Hall–Kier alpha value is -2.46. The molecule has 0 rings (SSSR count). The van der Waals surface area contributed by atoms with E-state index in [0.29, 0.717) is 25.7 Å². The molecule has 0 aromatic heterocycles. The molecule has 0 saturated carbocycles. The second kappa shape index (κ2) is 78.7. The normalized spacial score (nSPS) is 13.9. The number of aliphatic hydroxyl groups is 1. The maximum atomic E-state index is 13.1. The van der Waals surface area contributed by atoms with Gasteiger partial charge in [-0.1, -0.05) is 386 Å². The first-order chi connectivity index (χ1) is 50.7. The summed E-state index contributed by atoms with van der Waals surface area (Å²) in [5, 5.41) is 10.7. The van der Waals surface area contributed by atoms with Gasteiger partial charge in [-0.05, 0) is 51.4 Å². The Morgan fingerprint density at radius 3 is 0.702 bits per heavy atom. The molecule has 0 aromatic carbocycles. The van der Waals surface area contributed by atoms with Crippen LogP contribution in [0.5, 0.6) is 0 Å². The molecule has 0 fully saturated rings. The quantitative estimate of drug-likeness (QED) is 0.0169. The molecule has 5 atom stereocenters. The van der Waals surface area contributed by atoms with Crippen LogP contribution < -0.4 is 0 Å². The minimum Gasteiger partial charge on any atom is -0.462 e. The Kier molecular flexibility index (Phi) is 76.8. The fraction of sp³-hybridized carbons (Fsp3) is 0.906. The SMILES string of the molecule is CCCCCC/C=C\C=C/CCCCCCCC(=O)OC[C@H](COP(=O)(O)OC[C@@H](O)COP(=O)(O)OC[C@@H](COC(=O)CCCCCCCCCCCCCCC)OC(=O)CCCCCCCCCCCCCCCCC)OC(=O)CCCCCCCCCCCCCCCCCCCCCCC. The Morgan fingerprint density at radius 2 is 0.462 bits per heavy atom. The number of carbonyl (C=O) groups excluding carboxylic acids is 4. The van der Waals surface area contributed by atoms with E-state index in [9.17, 15) is 43.2 Å². The van der Waals surface area contributed by atoms with E-state index in [1.54, 1.807) is 0 Å². The van der Waals surface area contributed by atoms with E-state index in [0.717, 1.165) is 109 Å². The van der Waals surface area contributed by atoms with Gasteiger partial charge < -0.3 is 33.8 Å². The number of hydrogen-bond acceptors (Lipinski definition) is 15. The minimum absolute atomic E-state index is 0.103. The zero-order valence-corrected chi connectivity index (χ0v) is 69.3. The van der Waals surface area contributed by atoms with Gasteiger partial charge in [-0.3, -0.25) is 37.3 Å². The maximum Gasteiger partial charge on any atom is 0.472 e. The molecule has 3 N–H and O–H groups in total. The number of phosphoric acid groups is 2. The molecule has 104 heavy (non-hydrogen) atoms. The number of allylic oxidation sites excluding steroid dienone is 4. The molecule has 0 amide bonds. The Labute approximate surface area is 637 Å². The van der Waals surface area contributed by atoms with Gasteiger partial charge in [0, 0.05) is 25.7 Å². The van der Waals surface area contributed by atoms with Crippen molar-refractivity contribution in [1.29, 1.82) is 0 Å². The van der Waals surface area contributed by atoms with Crippen molar-refractivity contribution in [1.82, 2.24) is 0 Å². The summed E-state index contributed by atoms with van der Waals surface area (Å²) in [7, 11) is -9.94. The number of aliphatic hydroxyl groups excluding tert-OH is 1. The molecular weight excluding hydrogens is 1350 g/mol. The number of ether oxygens (including phenoxy) is 4. The molecule has 0 aliphatic heterocycles. The lowest BCUT2D eigenvalue weighted by molar-refractivity contribution is -0.161. The van der Waals surface area contributed by atoms with Gasteiger partial charge in [0.25, 0.3) is 0 Å². The predicted molar refractivity (Wildman–Crippen MR) is 428 cm³/mol. The van der Waals surface area contributed by atoms with Gasteiger partial charge in [0.05, 0.1) is 26.4 Å². The smallest absolute Gasteiger partial charge is 0.462 e. The third-order valence-electron chi connectivity index (χ3n) is 19.5. The first-order valence-electron chi connectivity index (χ1n) is 43.6. The lowest BCUT2D eigenvalue weighted by atomic mass is 10.0. The Balaban J connectivity index is 5.27. The highest BCUT2D eigenvalue weighted by molar-refractivity contribution is 7.47. The highest BCUT2D eigenvalue weighted by Crippen LogP contribution is 2.45. The molecular formula is C85H162O17P2. The van der Waals surface area contributed by atoms with Gasteiger partial charge in [0.15, 0.2) is 12.2 Å². The molecule has 17 nitrogen and oxygen atoms in total. The molecule has 2 unspecified atom stereocenters. The van der Waals surface area contributed by atoms with Crippen LogP contribution in [0.25, 0.3) is 0 Å². The van der Waals surface area contributed by atoms with Crippen LogP contribution in [0, 0.1) is 0 Å². The van der Waals surface area contributed by atoms with E-state index in [1.807, 2.05) is 0 Å². The molecule has 0 aromatic rings. The fourth-order valence-electron chi connectivity index (χ4n) is 12.8. The summed E-state index contributed by atoms with van der Waals surface area (Å²) in [6.07, 6.45) is 75.7. The molecule has 0 bridgehead atoms. The molecule has 0 radical (unpaired) electrons. The largest absolute Gasteiger partial charge is 0.472 e. The third-order valence-corrected chi connectivity index (χ3v) is 21.4. The van der Waals surface area contributed by atoms with Crippen LogP contribution in [0.3, 0.4) is 0 Å². The van der Waals surface area contributed by atoms with Gasteiger partial charge >= 0.3 is 39.5 Å². The average molecular weight is 1520 g/mol. The lowest BCUT2D eigenvalue weighted by Crippen LogP contribution is -2.30. The van der Waals surface area contributed by atoms with E-state index >= 15 is 0 Å². The second-order valence-electron chi connectivity index (χ2n) is 29.9. The van der Waals surface area contributed by atoms with E-state index in [-0.39, 0.29) is 25.7 Å². The van der Waals surface area contributed by atoms with Crippen molar-refractivity contribution in [2.45, 2.75) is 457 Å². The summed E-state index contributed by atoms with van der Waals surface area (Å²) in [5.74, 6) is -2.13. The van der Waals surface area contributed by atoms with E-state index in [2.05, 4.69) is 52.0 Å². The fourth-order valence-corrected chi connectivity index (χ4v) is 14.4. The molecule has 0 heterocycles. The zero-order valence-electron chi connectivity index (χ0n) is 67.5. The first-order valence-corrected chi connectivity index (χ1v) is 46.6. The van der Waals surface area contributed by atoms with Crippen molar-refractivity contribution in [3.63, 3.8) is 0 Å².